The number of nitrogens with zero attached hydrogens (tertiary/aromatic N) is 2. The predicted octanol–water partition coefficient (Wildman–Crippen LogP) is 1.30. The van der Waals surface area contributed by atoms with E-state index in [-0.39, 0.29) is 0 Å². The highest BCUT2D eigenvalue weighted by atomic mass is 16.5. The summed E-state index contributed by atoms with van der Waals surface area (Å²) in [5.41, 5.74) is 6.08. The molecular weight excluding hydrogens is 270 g/mol. The molecule has 1 aromatic carbocycles. The van der Waals surface area contributed by atoms with Crippen LogP contribution in [0.3, 0.4) is 0 Å². The smallest absolute Gasteiger partial charge is 0.404 e. The van der Waals surface area contributed by atoms with E-state index >= 15 is 0 Å². The molecule has 0 bridgehead atoms. The summed E-state index contributed by atoms with van der Waals surface area (Å²) in [6, 6.07) is 8.10. The number of hydrogen-bond acceptors (Lipinski definition) is 5. The number of amides is 1. The van der Waals surface area contributed by atoms with Gasteiger partial charge in [-0.3, -0.25) is 4.90 Å². The summed E-state index contributed by atoms with van der Waals surface area (Å²) in [5.74, 6) is 0.917. The molecule has 1 aliphatic rings. The van der Waals surface area contributed by atoms with Crippen LogP contribution in [0.1, 0.15) is 6.42 Å². The molecule has 1 aromatic rings. The number of hydrogen-bond donors (Lipinski definition) is 1. The lowest BCUT2D eigenvalue weighted by Gasteiger charge is -2.36. The monoisotopic (exact) mass is 293 g/mol. The predicted molar refractivity (Wildman–Crippen MR) is 81.8 cm³/mol. The quantitative estimate of drug-likeness (QED) is 0.801. The topological polar surface area (TPSA) is 68.0 Å². The Bertz CT molecular complexity index is 459. The molecule has 21 heavy (non-hydrogen) atoms. The van der Waals surface area contributed by atoms with E-state index in [0.717, 1.165) is 50.6 Å². The highest BCUT2D eigenvalue weighted by molar-refractivity contribution is 5.64. The van der Waals surface area contributed by atoms with Gasteiger partial charge in [0.25, 0.3) is 0 Å². The summed E-state index contributed by atoms with van der Waals surface area (Å²) in [6.45, 7) is 5.24. The lowest BCUT2D eigenvalue weighted by Crippen LogP contribution is -2.46. The fraction of sp³-hybridized carbons (Fsp3) is 0.533. The Morgan fingerprint density at radius 3 is 2.62 bits per heavy atom. The number of carbonyl (C=O) groups excluding carboxylic acids is 1. The molecule has 6 heteroatoms. The molecule has 1 saturated heterocycles. The molecule has 1 aliphatic heterocycles. The molecule has 1 fully saturated rings. The van der Waals surface area contributed by atoms with Crippen LogP contribution in [0.15, 0.2) is 24.3 Å². The molecule has 1 amide bonds. The second kappa shape index (κ2) is 7.73. The van der Waals surface area contributed by atoms with Crippen molar-refractivity contribution >= 4 is 11.8 Å². The first kappa shape index (κ1) is 15.4. The maximum Gasteiger partial charge on any atom is 0.404 e. The third kappa shape index (κ3) is 4.53. The first-order valence-electron chi connectivity index (χ1n) is 7.23. The largest absolute Gasteiger partial charge is 0.495 e. The zero-order valence-corrected chi connectivity index (χ0v) is 12.5. The maximum absolute atomic E-state index is 10.5. The molecule has 0 aliphatic carbocycles. The van der Waals surface area contributed by atoms with Crippen molar-refractivity contribution in [2.45, 2.75) is 6.42 Å². The van der Waals surface area contributed by atoms with Gasteiger partial charge in [0.05, 0.1) is 19.4 Å². The molecule has 2 rings (SSSR count). The number of anilines is 1. The van der Waals surface area contributed by atoms with Gasteiger partial charge in [-0.2, -0.15) is 0 Å². The maximum atomic E-state index is 10.5. The minimum Gasteiger partial charge on any atom is -0.495 e. The van der Waals surface area contributed by atoms with Crippen molar-refractivity contribution in [3.05, 3.63) is 24.3 Å². The molecule has 0 aromatic heterocycles. The Morgan fingerprint density at radius 1 is 1.24 bits per heavy atom. The van der Waals surface area contributed by atoms with Crippen LogP contribution < -0.4 is 15.4 Å². The molecule has 0 atom stereocenters. The first-order chi connectivity index (χ1) is 10.2. The lowest BCUT2D eigenvalue weighted by molar-refractivity contribution is 0.146. The fourth-order valence-electron chi connectivity index (χ4n) is 2.56. The lowest BCUT2D eigenvalue weighted by atomic mass is 10.2. The third-order valence-electron chi connectivity index (χ3n) is 3.66. The second-order valence-electron chi connectivity index (χ2n) is 5.02. The van der Waals surface area contributed by atoms with Gasteiger partial charge in [0.2, 0.25) is 0 Å². The standard InChI is InChI=1S/C15H23N3O3/c1-20-14-6-3-2-5-13(14)18-10-8-17(9-11-18)7-4-12-21-15(16)19/h2-3,5-6H,4,7-12H2,1H3,(H2,16,19). The number of primary amides is 1. The van der Waals surface area contributed by atoms with E-state index in [0.29, 0.717) is 6.61 Å². The van der Waals surface area contributed by atoms with E-state index in [1.165, 1.54) is 0 Å². The molecule has 0 radical (unpaired) electrons. The van der Waals surface area contributed by atoms with Crippen molar-refractivity contribution in [1.82, 2.24) is 4.90 Å². The Morgan fingerprint density at radius 2 is 1.95 bits per heavy atom. The number of ether oxygens (including phenoxy) is 2. The summed E-state index contributed by atoms with van der Waals surface area (Å²) < 4.78 is 10.2. The van der Waals surface area contributed by atoms with Crippen LogP contribution >= 0.6 is 0 Å². The van der Waals surface area contributed by atoms with Crippen molar-refractivity contribution < 1.29 is 14.3 Å². The van der Waals surface area contributed by atoms with E-state index in [1.54, 1.807) is 7.11 Å². The zero-order chi connectivity index (χ0) is 15.1. The number of para-hydroxylation sites is 2. The number of nitrogens with two attached hydrogens (primary N) is 1. The van der Waals surface area contributed by atoms with Crippen LogP contribution in [0, 0.1) is 0 Å². The minimum atomic E-state index is -0.698. The van der Waals surface area contributed by atoms with Gasteiger partial charge < -0.3 is 20.1 Å². The Balaban J connectivity index is 1.76. The second-order valence-corrected chi connectivity index (χ2v) is 5.02. The molecule has 2 N–H and O–H groups in total. The van der Waals surface area contributed by atoms with Gasteiger partial charge in [0.15, 0.2) is 0 Å². The van der Waals surface area contributed by atoms with E-state index in [2.05, 4.69) is 15.9 Å². The molecule has 0 unspecified atom stereocenters. The molecular formula is C15H23N3O3. The summed E-state index contributed by atoms with van der Waals surface area (Å²) in [7, 11) is 1.70. The van der Waals surface area contributed by atoms with Crippen LogP contribution in [0.2, 0.25) is 0 Å². The number of rotatable bonds is 6. The van der Waals surface area contributed by atoms with Crippen LogP contribution in [-0.4, -0.2) is 57.4 Å². The van der Waals surface area contributed by atoms with Crippen molar-refractivity contribution in [3.8, 4) is 5.75 Å². The normalized spacial score (nSPS) is 15.8. The van der Waals surface area contributed by atoms with Gasteiger partial charge >= 0.3 is 6.09 Å². The number of methoxy groups -OCH3 is 1. The fourth-order valence-corrected chi connectivity index (χ4v) is 2.56. The average Bonchev–Trinajstić information content (AvgIpc) is 2.52. The summed E-state index contributed by atoms with van der Waals surface area (Å²) in [5, 5.41) is 0. The van der Waals surface area contributed by atoms with Crippen LogP contribution in [0.5, 0.6) is 5.75 Å². The van der Waals surface area contributed by atoms with Gasteiger partial charge in [0.1, 0.15) is 5.75 Å². The highest BCUT2D eigenvalue weighted by Gasteiger charge is 2.19. The summed E-state index contributed by atoms with van der Waals surface area (Å²) in [4.78, 5) is 15.2. The molecule has 6 nitrogen and oxygen atoms in total. The van der Waals surface area contributed by atoms with Crippen molar-refractivity contribution in [2.24, 2.45) is 5.73 Å². The number of piperazine rings is 1. The Hall–Kier alpha value is -1.95. The Labute approximate surface area is 125 Å². The first-order valence-corrected chi connectivity index (χ1v) is 7.23. The van der Waals surface area contributed by atoms with Gasteiger partial charge in [-0.05, 0) is 18.6 Å². The van der Waals surface area contributed by atoms with E-state index in [4.69, 9.17) is 15.2 Å². The van der Waals surface area contributed by atoms with E-state index in [1.807, 2.05) is 18.2 Å². The van der Waals surface area contributed by atoms with Crippen molar-refractivity contribution in [2.75, 3.05) is 51.3 Å². The summed E-state index contributed by atoms with van der Waals surface area (Å²) >= 11 is 0. The molecule has 0 saturated carbocycles. The molecule has 116 valence electrons. The summed E-state index contributed by atoms with van der Waals surface area (Å²) in [6.07, 6.45) is 0.119. The minimum absolute atomic E-state index is 0.391. The van der Waals surface area contributed by atoms with Gasteiger partial charge in [-0.15, -0.1) is 0 Å². The van der Waals surface area contributed by atoms with Gasteiger partial charge in [0, 0.05) is 32.7 Å². The van der Waals surface area contributed by atoms with E-state index in [9.17, 15) is 4.79 Å². The van der Waals surface area contributed by atoms with E-state index < -0.39 is 6.09 Å². The third-order valence-corrected chi connectivity index (χ3v) is 3.66. The average molecular weight is 293 g/mol. The Kier molecular flexibility index (Phi) is 5.68. The van der Waals surface area contributed by atoms with Gasteiger partial charge in [-0.1, -0.05) is 12.1 Å². The molecule has 1 heterocycles. The van der Waals surface area contributed by atoms with Crippen molar-refractivity contribution in [3.63, 3.8) is 0 Å². The zero-order valence-electron chi connectivity index (χ0n) is 12.5. The highest BCUT2D eigenvalue weighted by Crippen LogP contribution is 2.28. The van der Waals surface area contributed by atoms with Crippen LogP contribution in [0.4, 0.5) is 10.5 Å². The molecule has 0 spiro atoms. The van der Waals surface area contributed by atoms with Crippen LogP contribution in [0.25, 0.3) is 0 Å². The van der Waals surface area contributed by atoms with Crippen molar-refractivity contribution in [1.29, 1.82) is 0 Å². The number of benzene rings is 1. The van der Waals surface area contributed by atoms with Crippen LogP contribution in [-0.2, 0) is 4.74 Å². The van der Waals surface area contributed by atoms with Gasteiger partial charge in [-0.25, -0.2) is 4.79 Å². The number of carbonyl (C=O) groups is 1. The SMILES string of the molecule is COc1ccccc1N1CCN(CCCOC(N)=O)CC1.